The number of aldehydes is 1. The average molecular weight is 211 g/mol. The van der Waals surface area contributed by atoms with E-state index in [1.807, 2.05) is 18.2 Å². The Bertz CT molecular complexity index is 532. The van der Waals surface area contributed by atoms with Crippen molar-refractivity contribution in [1.82, 2.24) is 4.98 Å². The number of nitrogens with zero attached hydrogens (tertiary/aromatic N) is 1. The molecule has 2 aromatic rings. The standard InChI is InChI=1S/C14H13NO/c1-10-4-3-5-13(11(10)2)14-6-7-15-8-12(14)9-16/h3-9H,1-2H3. The first-order chi connectivity index (χ1) is 7.74. The molecule has 0 atom stereocenters. The van der Waals surface area contributed by atoms with E-state index in [9.17, 15) is 4.79 Å². The SMILES string of the molecule is Cc1cccc(-c2ccncc2C=O)c1C. The molecule has 0 saturated heterocycles. The molecule has 1 aromatic carbocycles. The lowest BCUT2D eigenvalue weighted by molar-refractivity contribution is 0.112. The number of pyridine rings is 1. The molecule has 1 heterocycles. The second-order valence-electron chi connectivity index (χ2n) is 3.83. The van der Waals surface area contributed by atoms with Gasteiger partial charge in [0.1, 0.15) is 0 Å². The Labute approximate surface area is 95.0 Å². The highest BCUT2D eigenvalue weighted by molar-refractivity contribution is 5.88. The summed E-state index contributed by atoms with van der Waals surface area (Å²) in [5.41, 5.74) is 5.12. The molecule has 2 rings (SSSR count). The molecular weight excluding hydrogens is 198 g/mol. The quantitative estimate of drug-likeness (QED) is 0.714. The predicted molar refractivity (Wildman–Crippen MR) is 64.5 cm³/mol. The third-order valence-corrected chi connectivity index (χ3v) is 2.87. The first-order valence-electron chi connectivity index (χ1n) is 5.20. The van der Waals surface area contributed by atoms with Gasteiger partial charge in [-0.15, -0.1) is 0 Å². The van der Waals surface area contributed by atoms with Crippen molar-refractivity contribution in [2.45, 2.75) is 13.8 Å². The maximum absolute atomic E-state index is 11.0. The Kier molecular flexibility index (Phi) is 2.82. The molecule has 80 valence electrons. The van der Waals surface area contributed by atoms with Gasteiger partial charge in [0.05, 0.1) is 0 Å². The second-order valence-corrected chi connectivity index (χ2v) is 3.83. The molecule has 1 aromatic heterocycles. The molecule has 0 amide bonds. The number of hydrogen-bond donors (Lipinski definition) is 0. The summed E-state index contributed by atoms with van der Waals surface area (Å²) in [6.45, 7) is 4.14. The topological polar surface area (TPSA) is 30.0 Å². The summed E-state index contributed by atoms with van der Waals surface area (Å²) < 4.78 is 0. The maximum atomic E-state index is 11.0. The molecule has 0 aliphatic rings. The van der Waals surface area contributed by atoms with Crippen molar-refractivity contribution in [2.75, 3.05) is 0 Å². The summed E-state index contributed by atoms with van der Waals surface area (Å²) in [5, 5.41) is 0. The molecule has 0 aliphatic heterocycles. The summed E-state index contributed by atoms with van der Waals surface area (Å²) >= 11 is 0. The minimum absolute atomic E-state index is 0.635. The largest absolute Gasteiger partial charge is 0.298 e. The molecule has 0 N–H and O–H groups in total. The van der Waals surface area contributed by atoms with Crippen LogP contribution < -0.4 is 0 Å². The molecule has 2 heteroatoms. The lowest BCUT2D eigenvalue weighted by atomic mass is 9.95. The predicted octanol–water partition coefficient (Wildman–Crippen LogP) is 3.18. The van der Waals surface area contributed by atoms with E-state index in [0.29, 0.717) is 5.56 Å². The van der Waals surface area contributed by atoms with Crippen molar-refractivity contribution in [1.29, 1.82) is 0 Å². The fourth-order valence-corrected chi connectivity index (χ4v) is 1.79. The maximum Gasteiger partial charge on any atom is 0.152 e. The molecule has 0 fully saturated rings. The minimum Gasteiger partial charge on any atom is -0.298 e. The molecule has 0 bridgehead atoms. The van der Waals surface area contributed by atoms with E-state index in [4.69, 9.17) is 0 Å². The number of carbonyl (C=O) groups excluding carboxylic acids is 1. The van der Waals surface area contributed by atoms with Crippen molar-refractivity contribution in [2.24, 2.45) is 0 Å². The normalized spacial score (nSPS) is 10.1. The molecule has 0 aliphatic carbocycles. The van der Waals surface area contributed by atoms with Gasteiger partial charge in [-0.25, -0.2) is 0 Å². The number of aryl methyl sites for hydroxylation is 1. The Morgan fingerprint density at radius 2 is 1.94 bits per heavy atom. The van der Waals surface area contributed by atoms with Crippen LogP contribution in [0.3, 0.4) is 0 Å². The van der Waals surface area contributed by atoms with E-state index < -0.39 is 0 Å². The average Bonchev–Trinajstić information content (AvgIpc) is 2.33. The second kappa shape index (κ2) is 4.27. The number of aromatic nitrogens is 1. The van der Waals surface area contributed by atoms with Gasteiger partial charge in [-0.2, -0.15) is 0 Å². The van der Waals surface area contributed by atoms with Crippen molar-refractivity contribution in [3.8, 4) is 11.1 Å². The van der Waals surface area contributed by atoms with Crippen LogP contribution in [0.25, 0.3) is 11.1 Å². The molecule has 0 unspecified atom stereocenters. The zero-order valence-corrected chi connectivity index (χ0v) is 9.40. The van der Waals surface area contributed by atoms with Crippen LogP contribution in [-0.2, 0) is 0 Å². The van der Waals surface area contributed by atoms with E-state index in [1.165, 1.54) is 11.1 Å². The Morgan fingerprint density at radius 1 is 1.12 bits per heavy atom. The molecule has 16 heavy (non-hydrogen) atoms. The van der Waals surface area contributed by atoms with Crippen LogP contribution in [0.5, 0.6) is 0 Å². The van der Waals surface area contributed by atoms with Crippen LogP contribution in [0, 0.1) is 13.8 Å². The van der Waals surface area contributed by atoms with Crippen LogP contribution in [0.1, 0.15) is 21.5 Å². The van der Waals surface area contributed by atoms with Crippen molar-refractivity contribution >= 4 is 6.29 Å². The van der Waals surface area contributed by atoms with E-state index >= 15 is 0 Å². The van der Waals surface area contributed by atoms with E-state index in [1.54, 1.807) is 12.4 Å². The van der Waals surface area contributed by atoms with Crippen molar-refractivity contribution < 1.29 is 4.79 Å². The fraction of sp³-hybridized carbons (Fsp3) is 0.143. The fourth-order valence-electron chi connectivity index (χ4n) is 1.79. The van der Waals surface area contributed by atoms with E-state index in [2.05, 4.69) is 24.9 Å². The molecular formula is C14H13NO. The van der Waals surface area contributed by atoms with Gasteiger partial charge in [-0.3, -0.25) is 9.78 Å². The van der Waals surface area contributed by atoms with Gasteiger partial charge in [0, 0.05) is 18.0 Å². The first kappa shape index (κ1) is 10.6. The van der Waals surface area contributed by atoms with Gasteiger partial charge in [0.25, 0.3) is 0 Å². The van der Waals surface area contributed by atoms with Crippen LogP contribution in [0.2, 0.25) is 0 Å². The number of rotatable bonds is 2. The summed E-state index contributed by atoms with van der Waals surface area (Å²) in [5.74, 6) is 0. The summed E-state index contributed by atoms with van der Waals surface area (Å²) in [6, 6.07) is 7.99. The minimum atomic E-state index is 0.635. The Hall–Kier alpha value is -1.96. The third-order valence-electron chi connectivity index (χ3n) is 2.87. The molecule has 0 radical (unpaired) electrons. The van der Waals surface area contributed by atoms with Gasteiger partial charge < -0.3 is 0 Å². The van der Waals surface area contributed by atoms with Crippen molar-refractivity contribution in [3.63, 3.8) is 0 Å². The van der Waals surface area contributed by atoms with Gasteiger partial charge in [-0.1, -0.05) is 18.2 Å². The smallest absolute Gasteiger partial charge is 0.152 e. The van der Waals surface area contributed by atoms with E-state index in [-0.39, 0.29) is 0 Å². The van der Waals surface area contributed by atoms with Crippen LogP contribution >= 0.6 is 0 Å². The van der Waals surface area contributed by atoms with E-state index in [0.717, 1.165) is 17.4 Å². The molecule has 0 spiro atoms. The van der Waals surface area contributed by atoms with Crippen LogP contribution in [0.15, 0.2) is 36.7 Å². The summed E-state index contributed by atoms with van der Waals surface area (Å²) in [6.07, 6.45) is 4.16. The molecule has 0 saturated carbocycles. The molecule has 2 nitrogen and oxygen atoms in total. The zero-order valence-electron chi connectivity index (χ0n) is 9.40. The Balaban J connectivity index is 2.67. The third kappa shape index (κ3) is 1.74. The van der Waals surface area contributed by atoms with Crippen molar-refractivity contribution in [3.05, 3.63) is 53.3 Å². The Morgan fingerprint density at radius 3 is 2.69 bits per heavy atom. The lowest BCUT2D eigenvalue weighted by Crippen LogP contribution is -1.92. The number of hydrogen-bond acceptors (Lipinski definition) is 2. The highest BCUT2D eigenvalue weighted by Gasteiger charge is 2.07. The van der Waals surface area contributed by atoms with Crippen LogP contribution in [-0.4, -0.2) is 11.3 Å². The van der Waals surface area contributed by atoms with Crippen LogP contribution in [0.4, 0.5) is 0 Å². The first-order valence-corrected chi connectivity index (χ1v) is 5.20. The monoisotopic (exact) mass is 211 g/mol. The van der Waals surface area contributed by atoms with Gasteiger partial charge in [0.15, 0.2) is 6.29 Å². The van der Waals surface area contributed by atoms with Gasteiger partial charge >= 0.3 is 0 Å². The van der Waals surface area contributed by atoms with Gasteiger partial charge in [-0.05, 0) is 42.2 Å². The highest BCUT2D eigenvalue weighted by atomic mass is 16.1. The summed E-state index contributed by atoms with van der Waals surface area (Å²) in [7, 11) is 0. The van der Waals surface area contributed by atoms with Gasteiger partial charge in [0.2, 0.25) is 0 Å². The zero-order chi connectivity index (χ0) is 11.5. The lowest BCUT2D eigenvalue weighted by Gasteiger charge is -2.10. The summed E-state index contributed by atoms with van der Waals surface area (Å²) in [4.78, 5) is 14.9. The highest BCUT2D eigenvalue weighted by Crippen LogP contribution is 2.26. The number of carbonyl (C=O) groups is 1. The number of benzene rings is 1.